The zero-order valence-corrected chi connectivity index (χ0v) is 11.8. The zero-order valence-electron chi connectivity index (χ0n) is 11.8. The maximum Gasteiger partial charge on any atom is 0.129 e. The summed E-state index contributed by atoms with van der Waals surface area (Å²) in [4.78, 5) is 4.17. The third-order valence-corrected chi connectivity index (χ3v) is 3.18. The standard InChI is InChI=1S/C16H19NO2/c1-11(2)12-5-6-13(16(9-12)19-4)14-10-17-8-7-15(14)18-3/h5-11H,1-4H3. The van der Waals surface area contributed by atoms with Crippen molar-refractivity contribution in [2.24, 2.45) is 0 Å². The third-order valence-electron chi connectivity index (χ3n) is 3.18. The van der Waals surface area contributed by atoms with Crippen LogP contribution in [0.3, 0.4) is 0 Å². The number of nitrogens with zero attached hydrogens (tertiary/aromatic N) is 1. The molecule has 0 saturated heterocycles. The van der Waals surface area contributed by atoms with E-state index in [1.165, 1.54) is 5.56 Å². The molecule has 0 radical (unpaired) electrons. The Hall–Kier alpha value is -2.03. The first-order valence-electron chi connectivity index (χ1n) is 6.33. The molecule has 0 aliphatic carbocycles. The van der Waals surface area contributed by atoms with Gasteiger partial charge < -0.3 is 9.47 Å². The van der Waals surface area contributed by atoms with Crippen LogP contribution in [-0.4, -0.2) is 19.2 Å². The normalized spacial score (nSPS) is 10.6. The number of hydrogen-bond donors (Lipinski definition) is 0. The summed E-state index contributed by atoms with van der Waals surface area (Å²) in [5.41, 5.74) is 3.19. The first-order chi connectivity index (χ1) is 9.17. The van der Waals surface area contributed by atoms with Crippen molar-refractivity contribution >= 4 is 0 Å². The summed E-state index contributed by atoms with van der Waals surface area (Å²) in [7, 11) is 3.35. The molecule has 0 spiro atoms. The second-order valence-electron chi connectivity index (χ2n) is 4.69. The van der Waals surface area contributed by atoms with Gasteiger partial charge in [0.1, 0.15) is 11.5 Å². The van der Waals surface area contributed by atoms with Gasteiger partial charge in [0.25, 0.3) is 0 Å². The molecular weight excluding hydrogens is 238 g/mol. The molecule has 0 aliphatic heterocycles. The summed E-state index contributed by atoms with van der Waals surface area (Å²) in [6.45, 7) is 4.33. The number of rotatable bonds is 4. The Morgan fingerprint density at radius 2 is 1.68 bits per heavy atom. The highest BCUT2D eigenvalue weighted by Crippen LogP contribution is 2.37. The molecule has 0 N–H and O–H groups in total. The van der Waals surface area contributed by atoms with Crippen LogP contribution in [0.5, 0.6) is 11.5 Å². The molecule has 0 bridgehead atoms. The minimum absolute atomic E-state index is 0.471. The second-order valence-corrected chi connectivity index (χ2v) is 4.69. The number of aromatic nitrogens is 1. The zero-order chi connectivity index (χ0) is 13.8. The van der Waals surface area contributed by atoms with Gasteiger partial charge in [-0.15, -0.1) is 0 Å². The lowest BCUT2D eigenvalue weighted by Gasteiger charge is -2.14. The summed E-state index contributed by atoms with van der Waals surface area (Å²) >= 11 is 0. The quantitative estimate of drug-likeness (QED) is 0.832. The molecule has 100 valence electrons. The summed E-state index contributed by atoms with van der Waals surface area (Å²) in [5.74, 6) is 2.11. The Balaban J connectivity index is 2.55. The molecule has 3 nitrogen and oxygen atoms in total. The topological polar surface area (TPSA) is 31.4 Å². The van der Waals surface area contributed by atoms with Gasteiger partial charge in [-0.1, -0.05) is 26.0 Å². The molecule has 0 fully saturated rings. The Kier molecular flexibility index (Phi) is 4.05. The van der Waals surface area contributed by atoms with E-state index in [4.69, 9.17) is 9.47 Å². The SMILES string of the molecule is COc1cc(C(C)C)ccc1-c1cnccc1OC. The monoisotopic (exact) mass is 257 g/mol. The highest BCUT2D eigenvalue weighted by atomic mass is 16.5. The van der Waals surface area contributed by atoms with E-state index >= 15 is 0 Å². The lowest BCUT2D eigenvalue weighted by molar-refractivity contribution is 0.409. The van der Waals surface area contributed by atoms with Gasteiger partial charge in [0, 0.05) is 23.5 Å². The molecule has 2 aromatic rings. The van der Waals surface area contributed by atoms with Crippen LogP contribution in [0.15, 0.2) is 36.7 Å². The molecule has 1 aromatic carbocycles. The second kappa shape index (κ2) is 5.74. The van der Waals surface area contributed by atoms with Gasteiger partial charge in [0.15, 0.2) is 0 Å². The number of pyridine rings is 1. The minimum Gasteiger partial charge on any atom is -0.496 e. The van der Waals surface area contributed by atoms with Gasteiger partial charge in [-0.05, 0) is 23.6 Å². The Bertz CT molecular complexity index is 564. The minimum atomic E-state index is 0.471. The van der Waals surface area contributed by atoms with Crippen molar-refractivity contribution in [3.63, 3.8) is 0 Å². The maximum absolute atomic E-state index is 5.51. The molecule has 2 rings (SSSR count). The largest absolute Gasteiger partial charge is 0.496 e. The average molecular weight is 257 g/mol. The predicted molar refractivity (Wildman–Crippen MR) is 76.9 cm³/mol. The van der Waals surface area contributed by atoms with Crippen LogP contribution >= 0.6 is 0 Å². The van der Waals surface area contributed by atoms with E-state index in [-0.39, 0.29) is 0 Å². The van der Waals surface area contributed by atoms with Gasteiger partial charge in [0.2, 0.25) is 0 Å². The fourth-order valence-electron chi connectivity index (χ4n) is 2.05. The third kappa shape index (κ3) is 2.70. The predicted octanol–water partition coefficient (Wildman–Crippen LogP) is 3.89. The maximum atomic E-state index is 5.51. The van der Waals surface area contributed by atoms with Crippen molar-refractivity contribution in [3.8, 4) is 22.6 Å². The van der Waals surface area contributed by atoms with Crippen LogP contribution in [-0.2, 0) is 0 Å². The highest BCUT2D eigenvalue weighted by Gasteiger charge is 2.12. The molecule has 0 unspecified atom stereocenters. The van der Waals surface area contributed by atoms with E-state index in [9.17, 15) is 0 Å². The molecule has 0 amide bonds. The van der Waals surface area contributed by atoms with Crippen molar-refractivity contribution in [2.45, 2.75) is 19.8 Å². The van der Waals surface area contributed by atoms with E-state index in [2.05, 4.69) is 37.0 Å². The van der Waals surface area contributed by atoms with Gasteiger partial charge >= 0.3 is 0 Å². The molecule has 0 saturated carbocycles. The molecular formula is C16H19NO2. The molecule has 19 heavy (non-hydrogen) atoms. The van der Waals surface area contributed by atoms with Crippen molar-refractivity contribution in [1.82, 2.24) is 4.98 Å². The number of methoxy groups -OCH3 is 2. The van der Waals surface area contributed by atoms with Gasteiger partial charge in [-0.3, -0.25) is 4.98 Å². The van der Waals surface area contributed by atoms with Gasteiger partial charge in [-0.25, -0.2) is 0 Å². The molecule has 0 aliphatic rings. The van der Waals surface area contributed by atoms with Crippen LogP contribution in [0, 0.1) is 0 Å². The molecule has 3 heteroatoms. The van der Waals surface area contributed by atoms with E-state index in [1.54, 1.807) is 26.6 Å². The summed E-state index contributed by atoms with van der Waals surface area (Å²) in [6.07, 6.45) is 3.52. The number of benzene rings is 1. The summed E-state index contributed by atoms with van der Waals surface area (Å²) in [5, 5.41) is 0. The molecule has 0 atom stereocenters. The number of hydrogen-bond acceptors (Lipinski definition) is 3. The summed E-state index contributed by atoms with van der Waals surface area (Å²) in [6, 6.07) is 8.11. The lowest BCUT2D eigenvalue weighted by atomic mass is 9.98. The van der Waals surface area contributed by atoms with Crippen LogP contribution in [0.25, 0.3) is 11.1 Å². The van der Waals surface area contributed by atoms with Crippen molar-refractivity contribution in [2.75, 3.05) is 14.2 Å². The van der Waals surface area contributed by atoms with Gasteiger partial charge in [-0.2, -0.15) is 0 Å². The fourth-order valence-corrected chi connectivity index (χ4v) is 2.05. The van der Waals surface area contributed by atoms with Crippen LogP contribution in [0.1, 0.15) is 25.3 Å². The van der Waals surface area contributed by atoms with E-state index in [0.29, 0.717) is 5.92 Å². The Labute approximate surface area is 114 Å². The van der Waals surface area contributed by atoms with Crippen LogP contribution in [0.2, 0.25) is 0 Å². The smallest absolute Gasteiger partial charge is 0.129 e. The first-order valence-corrected chi connectivity index (χ1v) is 6.33. The van der Waals surface area contributed by atoms with E-state index in [0.717, 1.165) is 22.6 Å². The van der Waals surface area contributed by atoms with E-state index < -0.39 is 0 Å². The summed E-state index contributed by atoms with van der Waals surface area (Å²) < 4.78 is 10.9. The Morgan fingerprint density at radius 1 is 0.947 bits per heavy atom. The van der Waals surface area contributed by atoms with Crippen LogP contribution < -0.4 is 9.47 Å². The first kappa shape index (κ1) is 13.4. The van der Waals surface area contributed by atoms with Gasteiger partial charge in [0.05, 0.1) is 14.2 Å². The van der Waals surface area contributed by atoms with E-state index in [1.807, 2.05) is 6.07 Å². The highest BCUT2D eigenvalue weighted by molar-refractivity contribution is 5.75. The Morgan fingerprint density at radius 3 is 2.32 bits per heavy atom. The fraction of sp³-hybridized carbons (Fsp3) is 0.312. The van der Waals surface area contributed by atoms with Crippen LogP contribution in [0.4, 0.5) is 0 Å². The molecule has 1 aromatic heterocycles. The van der Waals surface area contributed by atoms with Crippen molar-refractivity contribution in [1.29, 1.82) is 0 Å². The molecule has 1 heterocycles. The van der Waals surface area contributed by atoms with Crippen molar-refractivity contribution < 1.29 is 9.47 Å². The lowest BCUT2D eigenvalue weighted by Crippen LogP contribution is -1.95. The average Bonchev–Trinajstić information content (AvgIpc) is 2.46. The van der Waals surface area contributed by atoms with Crippen molar-refractivity contribution in [3.05, 3.63) is 42.2 Å². The number of ether oxygens (including phenoxy) is 2.